The molecule has 2 heterocycles. The molecule has 0 bridgehead atoms. The van der Waals surface area contributed by atoms with Crippen LogP contribution in [0.15, 0.2) is 60.9 Å². The summed E-state index contributed by atoms with van der Waals surface area (Å²) in [6.45, 7) is 1.92. The van der Waals surface area contributed by atoms with Gasteiger partial charge in [-0.25, -0.2) is 9.18 Å². The van der Waals surface area contributed by atoms with Crippen LogP contribution in [0.25, 0.3) is 22.2 Å². The second-order valence-corrected chi connectivity index (χ2v) is 6.59. The van der Waals surface area contributed by atoms with E-state index in [4.69, 9.17) is 4.74 Å². The zero-order valence-corrected chi connectivity index (χ0v) is 15.9. The van der Waals surface area contributed by atoms with Crippen molar-refractivity contribution in [1.29, 1.82) is 0 Å². The monoisotopic (exact) mass is 390 g/mol. The second kappa shape index (κ2) is 7.63. The van der Waals surface area contributed by atoms with Gasteiger partial charge < -0.3 is 20.4 Å². The number of fused-ring (bicyclic) bond motifs is 1. The Kier molecular flexibility index (Phi) is 4.87. The number of pyridine rings is 1. The summed E-state index contributed by atoms with van der Waals surface area (Å²) in [5, 5.41) is 6.21. The van der Waals surface area contributed by atoms with E-state index in [2.05, 4.69) is 20.6 Å². The number of carbonyl (C=O) groups excluding carboxylic acids is 1. The Morgan fingerprint density at radius 3 is 2.76 bits per heavy atom. The molecule has 146 valence electrons. The van der Waals surface area contributed by atoms with E-state index in [1.807, 2.05) is 25.1 Å². The Morgan fingerprint density at radius 1 is 1.14 bits per heavy atom. The zero-order valence-electron chi connectivity index (χ0n) is 15.9. The van der Waals surface area contributed by atoms with Crippen LogP contribution in [0.1, 0.15) is 5.56 Å². The van der Waals surface area contributed by atoms with Crippen molar-refractivity contribution < 1.29 is 13.9 Å². The summed E-state index contributed by atoms with van der Waals surface area (Å²) in [5.74, 6) is 0.154. The average Bonchev–Trinajstić information content (AvgIpc) is 3.06. The van der Waals surface area contributed by atoms with Crippen LogP contribution in [0.3, 0.4) is 0 Å². The number of nitrogens with one attached hydrogen (secondary N) is 3. The number of aromatic amines is 1. The number of hydrogen-bond donors (Lipinski definition) is 3. The van der Waals surface area contributed by atoms with Gasteiger partial charge in [0.1, 0.15) is 11.6 Å². The van der Waals surface area contributed by atoms with E-state index in [-0.39, 0.29) is 0 Å². The van der Waals surface area contributed by atoms with Crippen molar-refractivity contribution in [2.24, 2.45) is 0 Å². The van der Waals surface area contributed by atoms with Crippen LogP contribution in [-0.4, -0.2) is 23.1 Å². The summed E-state index contributed by atoms with van der Waals surface area (Å²) in [4.78, 5) is 20.1. The lowest BCUT2D eigenvalue weighted by atomic mass is 10.1. The molecule has 2 amide bonds. The lowest BCUT2D eigenvalue weighted by Gasteiger charge is -2.13. The van der Waals surface area contributed by atoms with E-state index in [0.29, 0.717) is 33.7 Å². The molecule has 0 fully saturated rings. The van der Waals surface area contributed by atoms with Crippen LogP contribution in [0.4, 0.5) is 20.6 Å². The van der Waals surface area contributed by atoms with Gasteiger partial charge in [0.15, 0.2) is 0 Å². The highest BCUT2D eigenvalue weighted by Gasteiger charge is 2.17. The number of halogens is 1. The molecule has 4 rings (SSSR count). The van der Waals surface area contributed by atoms with Gasteiger partial charge in [0.2, 0.25) is 0 Å². The first-order valence-electron chi connectivity index (χ1n) is 8.99. The largest absolute Gasteiger partial charge is 0.495 e. The summed E-state index contributed by atoms with van der Waals surface area (Å²) in [6, 6.07) is 13.1. The summed E-state index contributed by atoms with van der Waals surface area (Å²) >= 11 is 0. The van der Waals surface area contributed by atoms with Crippen LogP contribution < -0.4 is 15.4 Å². The van der Waals surface area contributed by atoms with Crippen molar-refractivity contribution in [1.82, 2.24) is 9.97 Å². The number of H-pyrrole nitrogens is 1. The Morgan fingerprint density at radius 2 is 2.00 bits per heavy atom. The molecule has 0 spiro atoms. The van der Waals surface area contributed by atoms with E-state index in [1.54, 1.807) is 30.6 Å². The number of ether oxygens (including phenoxy) is 1. The van der Waals surface area contributed by atoms with Crippen LogP contribution in [-0.2, 0) is 0 Å². The number of hydrogen-bond acceptors (Lipinski definition) is 3. The van der Waals surface area contributed by atoms with Crippen molar-refractivity contribution in [3.63, 3.8) is 0 Å². The third kappa shape index (κ3) is 3.75. The normalized spacial score (nSPS) is 10.7. The van der Waals surface area contributed by atoms with Crippen molar-refractivity contribution in [2.45, 2.75) is 6.92 Å². The van der Waals surface area contributed by atoms with Crippen molar-refractivity contribution in [3.8, 4) is 17.0 Å². The maximum Gasteiger partial charge on any atom is 0.323 e. The highest BCUT2D eigenvalue weighted by molar-refractivity contribution is 6.11. The number of carbonyl (C=O) groups is 1. The first-order chi connectivity index (χ1) is 14.0. The maximum atomic E-state index is 13.9. The molecule has 0 unspecified atom stereocenters. The molecule has 2 aromatic heterocycles. The van der Waals surface area contributed by atoms with Crippen LogP contribution in [0.5, 0.6) is 5.75 Å². The number of benzene rings is 2. The first-order valence-corrected chi connectivity index (χ1v) is 8.99. The zero-order chi connectivity index (χ0) is 20.4. The molecular weight excluding hydrogens is 371 g/mol. The fourth-order valence-corrected chi connectivity index (χ4v) is 3.21. The molecule has 4 aromatic rings. The van der Waals surface area contributed by atoms with Crippen molar-refractivity contribution in [3.05, 3.63) is 72.3 Å². The van der Waals surface area contributed by atoms with Crippen molar-refractivity contribution >= 4 is 28.3 Å². The van der Waals surface area contributed by atoms with E-state index in [1.165, 1.54) is 19.2 Å². The van der Waals surface area contributed by atoms with Gasteiger partial charge in [0.25, 0.3) is 0 Å². The molecule has 6 nitrogen and oxygen atoms in total. The fourth-order valence-electron chi connectivity index (χ4n) is 3.21. The molecule has 0 aliphatic heterocycles. The number of aryl methyl sites for hydroxylation is 1. The number of nitrogens with zero attached hydrogens (tertiary/aromatic N) is 1. The van der Waals surface area contributed by atoms with Gasteiger partial charge in [0, 0.05) is 28.9 Å². The first kappa shape index (κ1) is 18.5. The average molecular weight is 390 g/mol. The Hall–Kier alpha value is -3.87. The lowest BCUT2D eigenvalue weighted by molar-refractivity contribution is 0.262. The summed E-state index contributed by atoms with van der Waals surface area (Å²) in [7, 11) is 1.54. The number of amides is 2. The molecule has 2 aromatic carbocycles. The summed E-state index contributed by atoms with van der Waals surface area (Å²) in [5.41, 5.74) is 4.10. The summed E-state index contributed by atoms with van der Waals surface area (Å²) in [6.07, 6.45) is 3.34. The highest BCUT2D eigenvalue weighted by Crippen LogP contribution is 2.35. The molecule has 0 saturated carbocycles. The number of rotatable bonds is 4. The van der Waals surface area contributed by atoms with Crippen LogP contribution in [0, 0.1) is 12.7 Å². The number of urea groups is 1. The standard InChI is InChI=1S/C22H19FN4O2/c1-13-5-8-19(29-2)18(10-13)26-22(28)27-21-16-11-15(23)6-7-17(16)25-20(21)14-4-3-9-24-12-14/h3-12,25H,1-2H3,(H2,26,27,28). The maximum absolute atomic E-state index is 13.9. The number of anilines is 2. The Bertz CT molecular complexity index is 1190. The highest BCUT2D eigenvalue weighted by atomic mass is 19.1. The molecule has 0 aliphatic carbocycles. The Balaban J connectivity index is 1.72. The SMILES string of the molecule is COc1ccc(C)cc1NC(=O)Nc1c(-c2cccnc2)[nH]c2ccc(F)cc12. The van der Waals surface area contributed by atoms with Gasteiger partial charge in [-0.1, -0.05) is 6.07 Å². The van der Waals surface area contributed by atoms with Gasteiger partial charge in [-0.15, -0.1) is 0 Å². The predicted octanol–water partition coefficient (Wildman–Crippen LogP) is 5.33. The van der Waals surface area contributed by atoms with Gasteiger partial charge >= 0.3 is 6.03 Å². The molecular formula is C22H19FN4O2. The van der Waals surface area contributed by atoms with Gasteiger partial charge in [0.05, 0.1) is 24.2 Å². The van der Waals surface area contributed by atoms with E-state index >= 15 is 0 Å². The quantitative estimate of drug-likeness (QED) is 0.441. The van der Waals surface area contributed by atoms with Gasteiger partial charge in [-0.2, -0.15) is 0 Å². The molecule has 29 heavy (non-hydrogen) atoms. The predicted molar refractivity (Wildman–Crippen MR) is 112 cm³/mol. The lowest BCUT2D eigenvalue weighted by Crippen LogP contribution is -2.20. The van der Waals surface area contributed by atoms with Crippen LogP contribution in [0.2, 0.25) is 0 Å². The van der Waals surface area contributed by atoms with Crippen molar-refractivity contribution in [2.75, 3.05) is 17.7 Å². The third-order valence-electron chi connectivity index (χ3n) is 4.55. The molecule has 0 atom stereocenters. The minimum absolute atomic E-state index is 0.391. The van der Waals surface area contributed by atoms with Gasteiger partial charge in [-0.05, 0) is 55.0 Å². The molecule has 0 aliphatic rings. The minimum Gasteiger partial charge on any atom is -0.495 e. The fraction of sp³-hybridized carbons (Fsp3) is 0.0909. The Labute approximate surface area is 166 Å². The molecule has 0 saturated heterocycles. The molecule has 0 radical (unpaired) electrons. The van der Waals surface area contributed by atoms with E-state index < -0.39 is 11.8 Å². The smallest absolute Gasteiger partial charge is 0.323 e. The number of methoxy groups -OCH3 is 1. The second-order valence-electron chi connectivity index (χ2n) is 6.59. The van der Waals surface area contributed by atoms with E-state index in [0.717, 1.165) is 11.1 Å². The molecule has 3 N–H and O–H groups in total. The third-order valence-corrected chi connectivity index (χ3v) is 4.55. The topological polar surface area (TPSA) is 79.0 Å². The van der Waals surface area contributed by atoms with Crippen LogP contribution >= 0.6 is 0 Å². The van der Waals surface area contributed by atoms with E-state index in [9.17, 15) is 9.18 Å². The number of aromatic nitrogens is 2. The minimum atomic E-state index is -0.468. The molecule has 7 heteroatoms. The summed E-state index contributed by atoms with van der Waals surface area (Å²) < 4.78 is 19.2. The van der Waals surface area contributed by atoms with Gasteiger partial charge in [-0.3, -0.25) is 4.98 Å².